The Kier molecular flexibility index (Phi) is 14.8. The molecule has 1 amide bonds. The van der Waals surface area contributed by atoms with Crippen LogP contribution < -0.4 is 5.32 Å². The second-order valence-electron chi connectivity index (χ2n) is 8.76. The Morgan fingerprint density at radius 3 is 2.24 bits per heavy atom. The summed E-state index contributed by atoms with van der Waals surface area (Å²) in [5, 5.41) is 2.96. The summed E-state index contributed by atoms with van der Waals surface area (Å²) >= 11 is 0. The van der Waals surface area contributed by atoms with Crippen LogP contribution in [0.2, 0.25) is 0 Å². The summed E-state index contributed by atoms with van der Waals surface area (Å²) in [4.78, 5) is 15.9. The molecule has 0 saturated heterocycles. The Morgan fingerprint density at radius 1 is 1.00 bits per heavy atom. The van der Waals surface area contributed by atoms with Gasteiger partial charge in [0.05, 0.1) is 25.8 Å². The van der Waals surface area contributed by atoms with Crippen LogP contribution >= 0.6 is 0 Å². The molecule has 1 aliphatic rings. The van der Waals surface area contributed by atoms with E-state index in [1.165, 1.54) is 83.5 Å². The van der Waals surface area contributed by atoms with E-state index in [9.17, 15) is 4.79 Å². The predicted octanol–water partition coefficient (Wildman–Crippen LogP) is 6.02. The minimum atomic E-state index is 0.0684. The van der Waals surface area contributed by atoms with E-state index in [2.05, 4.69) is 37.5 Å². The van der Waals surface area contributed by atoms with Crippen molar-refractivity contribution in [2.45, 2.75) is 110 Å². The van der Waals surface area contributed by atoms with Crippen molar-refractivity contribution in [3.8, 4) is 0 Å². The van der Waals surface area contributed by atoms with Crippen LogP contribution in [0.15, 0.2) is 17.1 Å². The molecule has 0 saturated carbocycles. The second-order valence-corrected chi connectivity index (χ2v) is 8.76. The summed E-state index contributed by atoms with van der Waals surface area (Å²) in [5.41, 5.74) is 0. The Morgan fingerprint density at radius 2 is 1.62 bits per heavy atom. The SMILES string of the molecule is CCCCC/C=C/CCCCCCCCCC1N=CC[N+]1(CC)CCNC(C)=O. The number of carbonyl (C=O) groups excluding carboxylic acids is 1. The maximum Gasteiger partial charge on any atom is 0.217 e. The summed E-state index contributed by atoms with van der Waals surface area (Å²) in [6.07, 6.45) is 24.5. The molecule has 0 aromatic carbocycles. The average molecular weight is 407 g/mol. The summed E-state index contributed by atoms with van der Waals surface area (Å²) in [6, 6.07) is 0. The molecule has 0 aromatic rings. The van der Waals surface area contributed by atoms with E-state index in [0.29, 0.717) is 6.17 Å². The molecule has 4 nitrogen and oxygen atoms in total. The molecule has 0 fully saturated rings. The number of unbranched alkanes of at least 4 members (excludes halogenated alkanes) is 10. The van der Waals surface area contributed by atoms with Crippen molar-refractivity contribution in [3.05, 3.63) is 12.2 Å². The molecule has 4 heteroatoms. The zero-order valence-electron chi connectivity index (χ0n) is 19.6. The number of amides is 1. The van der Waals surface area contributed by atoms with Gasteiger partial charge in [-0.05, 0) is 39.0 Å². The number of allylic oxidation sites excluding steroid dienone is 2. The first kappa shape index (κ1) is 25.9. The lowest BCUT2D eigenvalue weighted by atomic mass is 10.1. The Balaban J connectivity index is 2.03. The van der Waals surface area contributed by atoms with Gasteiger partial charge >= 0.3 is 0 Å². The van der Waals surface area contributed by atoms with Gasteiger partial charge in [-0.25, -0.2) is 4.99 Å². The lowest BCUT2D eigenvalue weighted by Gasteiger charge is -2.38. The number of quaternary nitrogens is 1. The molecule has 168 valence electrons. The molecule has 0 spiro atoms. The zero-order chi connectivity index (χ0) is 21.2. The van der Waals surface area contributed by atoms with Crippen molar-refractivity contribution >= 4 is 12.1 Å². The maximum absolute atomic E-state index is 11.2. The number of aliphatic imine (C=N–C) groups is 1. The van der Waals surface area contributed by atoms with Gasteiger partial charge in [-0.15, -0.1) is 0 Å². The van der Waals surface area contributed by atoms with Crippen molar-refractivity contribution < 1.29 is 9.28 Å². The molecule has 0 radical (unpaired) electrons. The Labute approximate surface area is 180 Å². The topological polar surface area (TPSA) is 41.5 Å². The molecule has 29 heavy (non-hydrogen) atoms. The molecule has 0 bridgehead atoms. The highest BCUT2D eigenvalue weighted by atomic mass is 16.1. The number of nitrogens with zero attached hydrogens (tertiary/aromatic N) is 2. The van der Waals surface area contributed by atoms with Crippen LogP contribution in [0.4, 0.5) is 0 Å². The van der Waals surface area contributed by atoms with Gasteiger partial charge in [0.1, 0.15) is 6.54 Å². The number of hydrogen-bond acceptors (Lipinski definition) is 2. The molecule has 0 aromatic heterocycles. The van der Waals surface area contributed by atoms with Gasteiger partial charge in [0.15, 0.2) is 6.17 Å². The second kappa shape index (κ2) is 16.6. The highest BCUT2D eigenvalue weighted by molar-refractivity contribution is 5.72. The summed E-state index contributed by atoms with van der Waals surface area (Å²) in [6.45, 7) is 9.99. The average Bonchev–Trinajstić information content (AvgIpc) is 3.11. The van der Waals surface area contributed by atoms with E-state index < -0.39 is 0 Å². The fraction of sp³-hybridized carbons (Fsp3) is 0.840. The number of likely N-dealkylation sites (N-methyl/N-ethyl adjacent to an activating group) is 1. The largest absolute Gasteiger partial charge is 0.351 e. The van der Waals surface area contributed by atoms with Gasteiger partial charge in [0.2, 0.25) is 5.91 Å². The zero-order valence-corrected chi connectivity index (χ0v) is 19.6. The van der Waals surface area contributed by atoms with E-state index >= 15 is 0 Å². The van der Waals surface area contributed by atoms with E-state index in [4.69, 9.17) is 4.99 Å². The maximum atomic E-state index is 11.2. The third-order valence-electron chi connectivity index (χ3n) is 6.39. The monoisotopic (exact) mass is 406 g/mol. The molecule has 2 atom stereocenters. The third kappa shape index (κ3) is 11.6. The molecule has 1 heterocycles. The number of carbonyl (C=O) groups is 1. The standard InChI is InChI=1S/C25H47N3O/c1-4-6-7-8-9-10-11-12-13-14-15-16-17-18-19-25-27-21-23-28(25,5-2)22-20-26-24(3)29/h9-10,21,25H,4-8,11-20,22-23H2,1-3H3/p+1/b10-9+. The van der Waals surface area contributed by atoms with Crippen molar-refractivity contribution in [1.29, 1.82) is 0 Å². The summed E-state index contributed by atoms with van der Waals surface area (Å²) in [7, 11) is 0. The molecule has 1 N–H and O–H groups in total. The van der Waals surface area contributed by atoms with Crippen molar-refractivity contribution in [2.75, 3.05) is 26.2 Å². The van der Waals surface area contributed by atoms with Gasteiger partial charge < -0.3 is 5.32 Å². The number of rotatable bonds is 18. The van der Waals surface area contributed by atoms with Gasteiger partial charge in [-0.3, -0.25) is 9.28 Å². The minimum absolute atomic E-state index is 0.0684. The first-order valence-electron chi connectivity index (χ1n) is 12.4. The lowest BCUT2D eigenvalue weighted by molar-refractivity contribution is -0.935. The van der Waals surface area contributed by atoms with Crippen LogP contribution in [-0.2, 0) is 4.79 Å². The lowest BCUT2D eigenvalue weighted by Crippen LogP contribution is -2.55. The Bertz CT molecular complexity index is 475. The van der Waals surface area contributed by atoms with Crippen LogP contribution in [-0.4, -0.2) is 48.9 Å². The highest BCUT2D eigenvalue weighted by Gasteiger charge is 2.37. The fourth-order valence-electron chi connectivity index (χ4n) is 4.36. The van der Waals surface area contributed by atoms with E-state index in [1.807, 2.05) is 0 Å². The summed E-state index contributed by atoms with van der Waals surface area (Å²) in [5.74, 6) is 0.0684. The molecule has 0 aliphatic carbocycles. The smallest absolute Gasteiger partial charge is 0.217 e. The van der Waals surface area contributed by atoms with Gasteiger partial charge in [0.25, 0.3) is 0 Å². The van der Waals surface area contributed by atoms with Crippen molar-refractivity contribution in [1.82, 2.24) is 5.32 Å². The Hall–Kier alpha value is -1.16. The molecule has 1 rings (SSSR count). The number of hydrogen-bond donors (Lipinski definition) is 1. The minimum Gasteiger partial charge on any atom is -0.351 e. The van der Waals surface area contributed by atoms with Crippen LogP contribution in [0.5, 0.6) is 0 Å². The van der Waals surface area contributed by atoms with E-state index in [-0.39, 0.29) is 5.91 Å². The van der Waals surface area contributed by atoms with Gasteiger partial charge in [-0.1, -0.05) is 64.0 Å². The number of nitrogens with one attached hydrogen (secondary N) is 1. The van der Waals surface area contributed by atoms with Crippen LogP contribution in [0, 0.1) is 0 Å². The first-order chi connectivity index (χ1) is 14.1. The van der Waals surface area contributed by atoms with E-state index in [1.54, 1.807) is 6.92 Å². The fourth-order valence-corrected chi connectivity index (χ4v) is 4.36. The predicted molar refractivity (Wildman–Crippen MR) is 126 cm³/mol. The third-order valence-corrected chi connectivity index (χ3v) is 6.39. The van der Waals surface area contributed by atoms with Crippen LogP contribution in [0.25, 0.3) is 0 Å². The van der Waals surface area contributed by atoms with Crippen LogP contribution in [0.3, 0.4) is 0 Å². The highest BCUT2D eigenvalue weighted by Crippen LogP contribution is 2.24. The first-order valence-corrected chi connectivity index (χ1v) is 12.4. The van der Waals surface area contributed by atoms with Crippen molar-refractivity contribution in [2.24, 2.45) is 4.99 Å². The molecule has 2 unspecified atom stereocenters. The normalized spacial score (nSPS) is 21.3. The van der Waals surface area contributed by atoms with Gasteiger partial charge in [-0.2, -0.15) is 0 Å². The molecular formula is C25H48N3O+. The van der Waals surface area contributed by atoms with E-state index in [0.717, 1.165) is 30.7 Å². The quantitative estimate of drug-likeness (QED) is 0.169. The van der Waals surface area contributed by atoms with Gasteiger partial charge in [0, 0.05) is 13.3 Å². The van der Waals surface area contributed by atoms with Crippen LogP contribution in [0.1, 0.15) is 104 Å². The van der Waals surface area contributed by atoms with Crippen molar-refractivity contribution in [3.63, 3.8) is 0 Å². The summed E-state index contributed by atoms with van der Waals surface area (Å²) < 4.78 is 1.02. The molecule has 1 aliphatic heterocycles. The molecular weight excluding hydrogens is 358 g/mol.